The molecule has 14 heteroatoms. The highest BCUT2D eigenvalue weighted by molar-refractivity contribution is 7.69. The largest absolute Gasteiger partial charge is 0.494 e. The fraction of sp³-hybridized carbons (Fsp3) is 0.355. The molecule has 1 aliphatic carbocycles. The topological polar surface area (TPSA) is 156 Å². The van der Waals surface area contributed by atoms with E-state index in [1.165, 1.54) is 7.05 Å². The second kappa shape index (κ2) is 12.4. The number of carbonyl (C=O) groups excluding carboxylic acids is 2. The molecule has 3 N–H and O–H groups in total. The molecule has 13 nitrogen and oxygen atoms in total. The third kappa shape index (κ3) is 6.74. The van der Waals surface area contributed by atoms with Gasteiger partial charge in [0, 0.05) is 56.0 Å². The Labute approximate surface area is 261 Å². The van der Waals surface area contributed by atoms with E-state index in [9.17, 15) is 14.2 Å². The minimum atomic E-state index is -2.41. The number of pyridine rings is 1. The van der Waals surface area contributed by atoms with Crippen LogP contribution in [0.3, 0.4) is 0 Å². The molecular weight excluding hydrogens is 593 g/mol. The number of aromatic nitrogens is 5. The molecule has 0 atom stereocenters. The lowest BCUT2D eigenvalue weighted by Crippen LogP contribution is -2.47. The van der Waals surface area contributed by atoms with Crippen LogP contribution in [0.25, 0.3) is 11.1 Å². The number of methoxy groups -OCH3 is 1. The highest BCUT2D eigenvalue weighted by Gasteiger charge is 2.31. The van der Waals surface area contributed by atoms with Crippen LogP contribution < -0.4 is 26.1 Å². The fourth-order valence-electron chi connectivity index (χ4n) is 5.24. The average Bonchev–Trinajstić information content (AvgIpc) is 3.75. The predicted molar refractivity (Wildman–Crippen MR) is 172 cm³/mol. The quantitative estimate of drug-likeness (QED) is 0.210. The first kappa shape index (κ1) is 30.4. The Kier molecular flexibility index (Phi) is 8.39. The number of para-hydroxylation sites is 1. The smallest absolute Gasteiger partial charge is 0.273 e. The van der Waals surface area contributed by atoms with Gasteiger partial charge < -0.3 is 25.3 Å². The number of nitrogens with zero attached hydrogens (tertiary/aromatic N) is 6. The molecular formula is C31H36N9O4P. The van der Waals surface area contributed by atoms with Crippen molar-refractivity contribution in [2.24, 2.45) is 5.92 Å². The lowest BCUT2D eigenvalue weighted by atomic mass is 10.1. The Bertz CT molecular complexity index is 1790. The van der Waals surface area contributed by atoms with E-state index in [4.69, 9.17) is 4.74 Å². The molecule has 1 aromatic carbocycles. The van der Waals surface area contributed by atoms with Crippen molar-refractivity contribution in [2.75, 3.05) is 51.2 Å². The molecule has 6 rings (SSSR count). The normalized spacial score (nSPS) is 15.3. The number of rotatable bonds is 11. The van der Waals surface area contributed by atoms with E-state index in [1.807, 2.05) is 53.5 Å². The average molecular weight is 630 g/mol. The zero-order valence-corrected chi connectivity index (χ0v) is 26.5. The van der Waals surface area contributed by atoms with Crippen LogP contribution >= 0.6 is 7.14 Å². The molecule has 45 heavy (non-hydrogen) atoms. The Morgan fingerprint density at radius 3 is 2.56 bits per heavy atom. The third-order valence-electron chi connectivity index (χ3n) is 7.88. The summed E-state index contributed by atoms with van der Waals surface area (Å²) in [6, 6.07) is 13.2. The van der Waals surface area contributed by atoms with Crippen LogP contribution in [-0.4, -0.2) is 82.3 Å². The summed E-state index contributed by atoms with van der Waals surface area (Å²) in [5.41, 5.74) is 4.32. The predicted octanol–water partition coefficient (Wildman–Crippen LogP) is 3.50. The lowest BCUT2D eigenvalue weighted by Gasteiger charge is -2.39. The first-order valence-corrected chi connectivity index (χ1v) is 17.4. The first-order valence-electron chi connectivity index (χ1n) is 14.8. The third-order valence-corrected chi connectivity index (χ3v) is 9.23. The maximum Gasteiger partial charge on any atom is 0.273 e. The van der Waals surface area contributed by atoms with E-state index in [1.54, 1.807) is 26.5 Å². The summed E-state index contributed by atoms with van der Waals surface area (Å²) in [4.78, 5) is 31.8. The van der Waals surface area contributed by atoms with Gasteiger partial charge in [-0.2, -0.15) is 5.10 Å². The molecule has 2 fully saturated rings. The van der Waals surface area contributed by atoms with Crippen molar-refractivity contribution < 1.29 is 18.9 Å². The minimum absolute atomic E-state index is 0.00466. The fourth-order valence-corrected chi connectivity index (χ4v) is 6.05. The van der Waals surface area contributed by atoms with Gasteiger partial charge in [0.05, 0.1) is 41.9 Å². The molecule has 2 amide bonds. The number of amides is 2. The number of hydrogen-bond donors (Lipinski definition) is 3. The van der Waals surface area contributed by atoms with Gasteiger partial charge in [-0.1, -0.05) is 18.2 Å². The highest BCUT2D eigenvalue weighted by atomic mass is 31.2. The highest BCUT2D eigenvalue weighted by Crippen LogP contribution is 2.39. The number of benzene rings is 1. The lowest BCUT2D eigenvalue weighted by molar-refractivity contribution is -0.117. The summed E-state index contributed by atoms with van der Waals surface area (Å²) in [6.45, 7) is 5.80. The molecule has 0 unspecified atom stereocenters. The van der Waals surface area contributed by atoms with Gasteiger partial charge in [0.2, 0.25) is 5.91 Å². The van der Waals surface area contributed by atoms with E-state index in [0.717, 1.165) is 42.8 Å². The summed E-state index contributed by atoms with van der Waals surface area (Å²) in [6.07, 6.45) is 5.53. The van der Waals surface area contributed by atoms with Crippen molar-refractivity contribution in [2.45, 2.75) is 25.4 Å². The monoisotopic (exact) mass is 629 g/mol. The maximum absolute atomic E-state index is 12.6. The summed E-state index contributed by atoms with van der Waals surface area (Å²) < 4.78 is 20.3. The van der Waals surface area contributed by atoms with Crippen LogP contribution in [0.1, 0.15) is 35.1 Å². The Balaban J connectivity index is 1.18. The molecule has 1 aliphatic heterocycles. The van der Waals surface area contributed by atoms with E-state index in [2.05, 4.69) is 41.1 Å². The van der Waals surface area contributed by atoms with Gasteiger partial charge in [-0.3, -0.25) is 19.2 Å². The summed E-state index contributed by atoms with van der Waals surface area (Å²) in [5, 5.41) is 21.4. The van der Waals surface area contributed by atoms with E-state index >= 15 is 0 Å². The van der Waals surface area contributed by atoms with Gasteiger partial charge in [0.1, 0.15) is 12.9 Å². The molecule has 0 radical (unpaired) electrons. The molecule has 0 bridgehead atoms. The molecule has 234 valence electrons. The van der Waals surface area contributed by atoms with Crippen LogP contribution in [0, 0.1) is 5.92 Å². The van der Waals surface area contributed by atoms with Crippen molar-refractivity contribution in [1.29, 1.82) is 0 Å². The molecule has 1 saturated heterocycles. The van der Waals surface area contributed by atoms with E-state index in [0.29, 0.717) is 29.1 Å². The van der Waals surface area contributed by atoms with Gasteiger partial charge in [-0.15, -0.1) is 10.2 Å². The second-order valence-electron chi connectivity index (χ2n) is 11.7. The Morgan fingerprint density at radius 1 is 1.07 bits per heavy atom. The van der Waals surface area contributed by atoms with Crippen molar-refractivity contribution in [3.05, 3.63) is 66.2 Å². The summed E-state index contributed by atoms with van der Waals surface area (Å²) in [5.74, 6) is 0.285. The standard InChI is InChI=1S/C31H36N9O4P/c1-32-31(42)28-25(13-26(37-38-28)36-30(41)19-11-12-19)35-24-9-6-8-23(29(24)44-2)20-14-33-40(15-20)22-17-39(18-22)16-21-7-5-10-27(34-21)45(3,4)43/h5-10,13-15,19,22H,11-12,16-18H2,1-4H3,(H,32,42)(H2,35,36,37,41). The van der Waals surface area contributed by atoms with Crippen molar-refractivity contribution in [3.63, 3.8) is 0 Å². The van der Waals surface area contributed by atoms with Gasteiger partial charge >= 0.3 is 0 Å². The molecule has 2 aliphatic rings. The number of hydrogen-bond acceptors (Lipinski definition) is 10. The Hall–Kier alpha value is -4.61. The van der Waals surface area contributed by atoms with E-state index < -0.39 is 13.0 Å². The van der Waals surface area contributed by atoms with Crippen molar-refractivity contribution in [3.8, 4) is 16.9 Å². The number of carbonyl (C=O) groups is 2. The molecule has 3 aromatic heterocycles. The molecule has 0 spiro atoms. The van der Waals surface area contributed by atoms with Crippen molar-refractivity contribution >= 4 is 41.6 Å². The second-order valence-corrected chi connectivity index (χ2v) is 14.9. The minimum Gasteiger partial charge on any atom is -0.494 e. The van der Waals surface area contributed by atoms with Crippen LogP contribution in [0.4, 0.5) is 17.2 Å². The van der Waals surface area contributed by atoms with Gasteiger partial charge in [0.15, 0.2) is 11.5 Å². The van der Waals surface area contributed by atoms with E-state index in [-0.39, 0.29) is 29.4 Å². The van der Waals surface area contributed by atoms with Crippen LogP contribution in [-0.2, 0) is 15.9 Å². The zero-order chi connectivity index (χ0) is 31.7. The first-order chi connectivity index (χ1) is 21.6. The van der Waals surface area contributed by atoms with Crippen molar-refractivity contribution in [1.82, 2.24) is 35.2 Å². The zero-order valence-electron chi connectivity index (χ0n) is 25.6. The number of likely N-dealkylation sites (tertiary alicyclic amines) is 1. The molecule has 4 aromatic rings. The summed E-state index contributed by atoms with van der Waals surface area (Å²) >= 11 is 0. The number of anilines is 3. The number of nitrogens with one attached hydrogen (secondary N) is 3. The van der Waals surface area contributed by atoms with Crippen LogP contribution in [0.2, 0.25) is 0 Å². The van der Waals surface area contributed by atoms with Crippen LogP contribution in [0.15, 0.2) is 54.9 Å². The van der Waals surface area contributed by atoms with Gasteiger partial charge in [0.25, 0.3) is 5.91 Å². The summed E-state index contributed by atoms with van der Waals surface area (Å²) in [7, 11) is 0.692. The van der Waals surface area contributed by atoms with Gasteiger partial charge in [-0.25, -0.2) is 4.98 Å². The van der Waals surface area contributed by atoms with Crippen LogP contribution in [0.5, 0.6) is 5.75 Å². The molecule has 1 saturated carbocycles. The maximum atomic E-state index is 12.6. The SMILES string of the molecule is CNC(=O)c1nnc(NC(=O)C2CC2)cc1Nc1cccc(-c2cnn(C3CN(Cc4cccc(P(C)(C)=O)n4)C3)c2)c1OC. The molecule has 4 heterocycles. The number of ether oxygens (including phenoxy) is 1. The van der Waals surface area contributed by atoms with Gasteiger partial charge in [-0.05, 0) is 44.4 Å². The Morgan fingerprint density at radius 2 is 1.84 bits per heavy atom.